The molecule has 1 saturated heterocycles. The van der Waals surface area contributed by atoms with Gasteiger partial charge in [0, 0.05) is 18.3 Å². The molecule has 1 fully saturated rings. The zero-order valence-corrected chi connectivity index (χ0v) is 7.08. The minimum atomic E-state index is 0.767. The first kappa shape index (κ1) is 7.42. The summed E-state index contributed by atoms with van der Waals surface area (Å²) in [5, 5.41) is 0.767. The maximum Gasteiger partial charge on any atom is 0.0138 e. The average molecular weight is 145 g/mol. The molecule has 0 N–H and O–H groups in total. The van der Waals surface area contributed by atoms with Gasteiger partial charge in [-0.2, -0.15) is 0 Å². The molecule has 0 amide bonds. The second-order valence-electron chi connectivity index (χ2n) is 2.79. The molecule has 1 heterocycles. The largest absolute Gasteiger partial charge is 0.250 e. The van der Waals surface area contributed by atoms with Crippen molar-refractivity contribution in [3.8, 4) is 0 Å². The van der Waals surface area contributed by atoms with Gasteiger partial charge in [0.25, 0.3) is 0 Å². The number of rotatable bonds is 2. The molecule has 1 rings (SSSR count). The minimum Gasteiger partial charge on any atom is -0.250 e. The highest BCUT2D eigenvalue weighted by Crippen LogP contribution is 2.21. The van der Waals surface area contributed by atoms with E-state index < -0.39 is 0 Å². The maximum absolute atomic E-state index is 2.48. The molecule has 0 aromatic heterocycles. The van der Waals surface area contributed by atoms with Gasteiger partial charge in [-0.05, 0) is 12.8 Å². The Hall–Kier alpha value is 0.310. The van der Waals surface area contributed by atoms with Crippen LogP contribution in [0.4, 0.5) is 0 Å². The molecule has 0 aliphatic carbocycles. The fraction of sp³-hybridized carbons (Fsp3) is 1.00. The van der Waals surface area contributed by atoms with Crippen LogP contribution in [0, 0.1) is 0 Å². The van der Waals surface area contributed by atoms with Gasteiger partial charge in [-0.1, -0.05) is 25.8 Å². The summed E-state index contributed by atoms with van der Waals surface area (Å²) in [7, 11) is 0. The van der Waals surface area contributed by atoms with Gasteiger partial charge in [0.05, 0.1) is 0 Å². The Balaban J connectivity index is 2.11. The molecular weight excluding hydrogens is 130 g/mol. The lowest BCUT2D eigenvalue weighted by atomic mass is 10.4. The SMILES string of the molecule is CC(C)SN1CCCC1. The second kappa shape index (κ2) is 3.47. The average Bonchev–Trinajstić information content (AvgIpc) is 2.15. The summed E-state index contributed by atoms with van der Waals surface area (Å²) in [5.41, 5.74) is 0. The van der Waals surface area contributed by atoms with Crippen molar-refractivity contribution in [3.63, 3.8) is 0 Å². The number of hydrogen-bond acceptors (Lipinski definition) is 2. The molecule has 0 aromatic rings. The van der Waals surface area contributed by atoms with Gasteiger partial charge in [-0.25, -0.2) is 0 Å². The van der Waals surface area contributed by atoms with E-state index in [-0.39, 0.29) is 0 Å². The highest BCUT2D eigenvalue weighted by atomic mass is 32.2. The van der Waals surface area contributed by atoms with Gasteiger partial charge in [0.15, 0.2) is 0 Å². The zero-order valence-electron chi connectivity index (χ0n) is 6.26. The van der Waals surface area contributed by atoms with E-state index in [2.05, 4.69) is 18.2 Å². The summed E-state index contributed by atoms with van der Waals surface area (Å²) in [4.78, 5) is 0. The molecule has 0 radical (unpaired) electrons. The standard InChI is InChI=1S/C7H15NS/c1-7(2)9-8-5-3-4-6-8/h7H,3-6H2,1-2H3. The normalized spacial score (nSPS) is 21.7. The van der Waals surface area contributed by atoms with Gasteiger partial charge in [-0.3, -0.25) is 4.31 Å². The Labute approximate surface area is 61.9 Å². The Morgan fingerprint density at radius 2 is 1.78 bits per heavy atom. The molecule has 0 saturated carbocycles. The van der Waals surface area contributed by atoms with Crippen LogP contribution in [0.5, 0.6) is 0 Å². The van der Waals surface area contributed by atoms with Gasteiger partial charge in [-0.15, -0.1) is 0 Å². The smallest absolute Gasteiger partial charge is 0.0138 e. The topological polar surface area (TPSA) is 3.24 Å². The van der Waals surface area contributed by atoms with Crippen LogP contribution in [-0.2, 0) is 0 Å². The Morgan fingerprint density at radius 1 is 1.22 bits per heavy atom. The van der Waals surface area contributed by atoms with Gasteiger partial charge >= 0.3 is 0 Å². The zero-order chi connectivity index (χ0) is 6.69. The van der Waals surface area contributed by atoms with E-state index >= 15 is 0 Å². The molecular formula is C7H15NS. The van der Waals surface area contributed by atoms with E-state index in [4.69, 9.17) is 0 Å². The lowest BCUT2D eigenvalue weighted by Gasteiger charge is -2.15. The first-order chi connectivity index (χ1) is 4.29. The Bertz CT molecular complexity index is 77.0. The first-order valence-electron chi connectivity index (χ1n) is 3.71. The molecule has 0 atom stereocenters. The Kier molecular flexibility index (Phi) is 2.86. The molecule has 0 bridgehead atoms. The molecule has 0 spiro atoms. The lowest BCUT2D eigenvalue weighted by Crippen LogP contribution is -2.12. The Morgan fingerprint density at radius 3 is 2.22 bits per heavy atom. The highest BCUT2D eigenvalue weighted by molar-refractivity contribution is 7.97. The third-order valence-electron chi connectivity index (χ3n) is 1.42. The van der Waals surface area contributed by atoms with Crippen molar-refractivity contribution >= 4 is 11.9 Å². The molecule has 0 aromatic carbocycles. The minimum absolute atomic E-state index is 0.767. The summed E-state index contributed by atoms with van der Waals surface area (Å²) >= 11 is 2.00. The quantitative estimate of drug-likeness (QED) is 0.548. The van der Waals surface area contributed by atoms with Crippen LogP contribution in [0.1, 0.15) is 26.7 Å². The predicted octanol–water partition coefficient (Wildman–Crippen LogP) is 2.14. The third kappa shape index (κ3) is 2.59. The summed E-state index contributed by atoms with van der Waals surface area (Å²) in [6, 6.07) is 0. The van der Waals surface area contributed by atoms with Gasteiger partial charge in [0.1, 0.15) is 0 Å². The van der Waals surface area contributed by atoms with E-state index in [9.17, 15) is 0 Å². The van der Waals surface area contributed by atoms with Crippen LogP contribution in [0.15, 0.2) is 0 Å². The van der Waals surface area contributed by atoms with Crippen LogP contribution in [0.25, 0.3) is 0 Å². The predicted molar refractivity (Wildman–Crippen MR) is 43.5 cm³/mol. The van der Waals surface area contributed by atoms with E-state index in [0.717, 1.165) is 5.25 Å². The molecule has 9 heavy (non-hydrogen) atoms. The summed E-state index contributed by atoms with van der Waals surface area (Å²) in [6.45, 7) is 7.12. The number of hydrogen-bond donors (Lipinski definition) is 0. The van der Waals surface area contributed by atoms with E-state index in [0.29, 0.717) is 0 Å². The molecule has 0 unspecified atom stereocenters. The summed E-state index contributed by atoms with van der Waals surface area (Å²) in [6.07, 6.45) is 2.80. The van der Waals surface area contributed by atoms with Crippen molar-refractivity contribution in [2.75, 3.05) is 13.1 Å². The van der Waals surface area contributed by atoms with Crippen molar-refractivity contribution in [1.29, 1.82) is 0 Å². The molecule has 2 heteroatoms. The van der Waals surface area contributed by atoms with Crippen LogP contribution >= 0.6 is 11.9 Å². The third-order valence-corrected chi connectivity index (χ3v) is 2.51. The van der Waals surface area contributed by atoms with E-state index in [1.165, 1.54) is 25.9 Å². The van der Waals surface area contributed by atoms with Crippen LogP contribution < -0.4 is 0 Å². The van der Waals surface area contributed by atoms with Gasteiger partial charge < -0.3 is 0 Å². The monoisotopic (exact) mass is 145 g/mol. The fourth-order valence-corrected chi connectivity index (χ4v) is 2.16. The van der Waals surface area contributed by atoms with Crippen molar-refractivity contribution in [2.45, 2.75) is 31.9 Å². The van der Waals surface area contributed by atoms with E-state index in [1.54, 1.807) is 0 Å². The first-order valence-corrected chi connectivity index (χ1v) is 4.54. The van der Waals surface area contributed by atoms with Crippen molar-refractivity contribution in [1.82, 2.24) is 4.31 Å². The fourth-order valence-electron chi connectivity index (χ4n) is 1.09. The number of nitrogens with zero attached hydrogens (tertiary/aromatic N) is 1. The van der Waals surface area contributed by atoms with Crippen LogP contribution in [-0.4, -0.2) is 22.6 Å². The molecule has 1 nitrogen and oxygen atoms in total. The van der Waals surface area contributed by atoms with Crippen LogP contribution in [0.2, 0.25) is 0 Å². The van der Waals surface area contributed by atoms with Crippen molar-refractivity contribution < 1.29 is 0 Å². The van der Waals surface area contributed by atoms with E-state index in [1.807, 2.05) is 11.9 Å². The summed E-state index contributed by atoms with van der Waals surface area (Å²) in [5.74, 6) is 0. The molecule has 1 aliphatic rings. The molecule has 54 valence electrons. The van der Waals surface area contributed by atoms with Crippen molar-refractivity contribution in [2.24, 2.45) is 0 Å². The van der Waals surface area contributed by atoms with Crippen LogP contribution in [0.3, 0.4) is 0 Å². The highest BCUT2D eigenvalue weighted by Gasteiger charge is 2.12. The van der Waals surface area contributed by atoms with Gasteiger partial charge in [0.2, 0.25) is 0 Å². The van der Waals surface area contributed by atoms with Crippen molar-refractivity contribution in [3.05, 3.63) is 0 Å². The molecule has 1 aliphatic heterocycles. The lowest BCUT2D eigenvalue weighted by molar-refractivity contribution is 0.582. The second-order valence-corrected chi connectivity index (χ2v) is 4.46. The maximum atomic E-state index is 2.48. The summed E-state index contributed by atoms with van der Waals surface area (Å²) < 4.78 is 2.48.